The SMILES string of the molecule is CCNCc1ccc(OCC(=O)Nc2ccc(OC)cc2)c(OC)c1. The molecule has 2 aromatic carbocycles. The normalized spacial score (nSPS) is 10.2. The zero-order valence-electron chi connectivity index (χ0n) is 14.8. The summed E-state index contributed by atoms with van der Waals surface area (Å²) in [5, 5.41) is 6.02. The molecule has 6 heteroatoms. The van der Waals surface area contributed by atoms with Crippen LogP contribution in [-0.4, -0.2) is 33.3 Å². The lowest BCUT2D eigenvalue weighted by Gasteiger charge is -2.12. The van der Waals surface area contributed by atoms with Gasteiger partial charge in [0, 0.05) is 12.2 Å². The largest absolute Gasteiger partial charge is 0.497 e. The van der Waals surface area contributed by atoms with E-state index in [1.807, 2.05) is 18.2 Å². The highest BCUT2D eigenvalue weighted by atomic mass is 16.5. The number of amides is 1. The Bertz CT molecular complexity index is 686. The first-order valence-corrected chi connectivity index (χ1v) is 8.10. The average molecular weight is 344 g/mol. The van der Waals surface area contributed by atoms with Crippen molar-refractivity contribution < 1.29 is 19.0 Å². The van der Waals surface area contributed by atoms with Crippen LogP contribution in [0.1, 0.15) is 12.5 Å². The highest BCUT2D eigenvalue weighted by Crippen LogP contribution is 2.28. The first-order chi connectivity index (χ1) is 12.2. The Hall–Kier alpha value is -2.73. The zero-order valence-corrected chi connectivity index (χ0v) is 14.8. The van der Waals surface area contributed by atoms with E-state index in [9.17, 15) is 4.79 Å². The fraction of sp³-hybridized carbons (Fsp3) is 0.316. The van der Waals surface area contributed by atoms with Crippen molar-refractivity contribution in [2.24, 2.45) is 0 Å². The van der Waals surface area contributed by atoms with Crippen LogP contribution in [0, 0.1) is 0 Å². The minimum Gasteiger partial charge on any atom is -0.497 e. The number of carbonyl (C=O) groups is 1. The van der Waals surface area contributed by atoms with Gasteiger partial charge < -0.3 is 24.8 Å². The van der Waals surface area contributed by atoms with E-state index in [-0.39, 0.29) is 12.5 Å². The van der Waals surface area contributed by atoms with E-state index in [1.165, 1.54) is 0 Å². The van der Waals surface area contributed by atoms with Gasteiger partial charge in [-0.3, -0.25) is 4.79 Å². The summed E-state index contributed by atoms with van der Waals surface area (Å²) in [5.74, 6) is 1.63. The van der Waals surface area contributed by atoms with Crippen LogP contribution < -0.4 is 24.8 Å². The maximum Gasteiger partial charge on any atom is 0.262 e. The Kier molecular flexibility index (Phi) is 7.10. The highest BCUT2D eigenvalue weighted by Gasteiger charge is 2.09. The van der Waals surface area contributed by atoms with Gasteiger partial charge in [0.05, 0.1) is 14.2 Å². The van der Waals surface area contributed by atoms with Gasteiger partial charge in [0.15, 0.2) is 18.1 Å². The summed E-state index contributed by atoms with van der Waals surface area (Å²) in [4.78, 5) is 12.0. The van der Waals surface area contributed by atoms with Crippen LogP contribution in [0.5, 0.6) is 17.2 Å². The second-order valence-electron chi connectivity index (χ2n) is 5.33. The zero-order chi connectivity index (χ0) is 18.1. The molecule has 134 valence electrons. The monoisotopic (exact) mass is 344 g/mol. The Labute approximate surface area is 148 Å². The van der Waals surface area contributed by atoms with Crippen LogP contribution in [-0.2, 0) is 11.3 Å². The van der Waals surface area contributed by atoms with Crippen molar-refractivity contribution >= 4 is 11.6 Å². The molecule has 2 rings (SSSR count). The summed E-state index contributed by atoms with van der Waals surface area (Å²) in [6, 6.07) is 12.8. The molecule has 0 fully saturated rings. The van der Waals surface area contributed by atoms with Gasteiger partial charge in [-0.15, -0.1) is 0 Å². The molecule has 2 aromatic rings. The minimum atomic E-state index is -0.246. The molecule has 6 nitrogen and oxygen atoms in total. The van der Waals surface area contributed by atoms with Crippen molar-refractivity contribution in [2.75, 3.05) is 32.7 Å². The number of rotatable bonds is 9. The third-order valence-corrected chi connectivity index (χ3v) is 3.54. The standard InChI is InChI=1S/C19H24N2O4/c1-4-20-12-14-5-10-17(18(11-14)24-3)25-13-19(22)21-15-6-8-16(23-2)9-7-15/h5-11,20H,4,12-13H2,1-3H3,(H,21,22). The number of methoxy groups -OCH3 is 2. The summed E-state index contributed by atoms with van der Waals surface area (Å²) in [6.07, 6.45) is 0. The summed E-state index contributed by atoms with van der Waals surface area (Å²) >= 11 is 0. The van der Waals surface area contributed by atoms with Crippen molar-refractivity contribution in [3.63, 3.8) is 0 Å². The number of nitrogens with one attached hydrogen (secondary N) is 2. The molecule has 0 aliphatic heterocycles. The van der Waals surface area contributed by atoms with Crippen LogP contribution >= 0.6 is 0 Å². The van der Waals surface area contributed by atoms with Crippen LogP contribution in [0.3, 0.4) is 0 Å². The number of hydrogen-bond acceptors (Lipinski definition) is 5. The lowest BCUT2D eigenvalue weighted by Crippen LogP contribution is -2.20. The fourth-order valence-electron chi connectivity index (χ4n) is 2.23. The van der Waals surface area contributed by atoms with E-state index < -0.39 is 0 Å². The van der Waals surface area contributed by atoms with Gasteiger partial charge >= 0.3 is 0 Å². The number of benzene rings is 2. The van der Waals surface area contributed by atoms with Gasteiger partial charge in [-0.1, -0.05) is 13.0 Å². The van der Waals surface area contributed by atoms with Crippen molar-refractivity contribution in [3.05, 3.63) is 48.0 Å². The topological polar surface area (TPSA) is 68.8 Å². The molecule has 0 atom stereocenters. The van der Waals surface area contributed by atoms with Crippen molar-refractivity contribution in [2.45, 2.75) is 13.5 Å². The lowest BCUT2D eigenvalue weighted by molar-refractivity contribution is -0.118. The van der Waals surface area contributed by atoms with E-state index in [1.54, 1.807) is 38.5 Å². The van der Waals surface area contributed by atoms with Gasteiger partial charge in [0.1, 0.15) is 5.75 Å². The van der Waals surface area contributed by atoms with E-state index in [0.717, 1.165) is 24.4 Å². The van der Waals surface area contributed by atoms with E-state index in [2.05, 4.69) is 17.6 Å². The van der Waals surface area contributed by atoms with E-state index in [0.29, 0.717) is 17.2 Å². The van der Waals surface area contributed by atoms with Crippen molar-refractivity contribution in [1.29, 1.82) is 0 Å². The number of carbonyl (C=O) groups excluding carboxylic acids is 1. The number of ether oxygens (including phenoxy) is 3. The molecule has 0 aromatic heterocycles. The molecule has 0 radical (unpaired) electrons. The molecule has 0 saturated heterocycles. The second kappa shape index (κ2) is 9.54. The molecule has 0 bridgehead atoms. The summed E-state index contributed by atoms with van der Waals surface area (Å²) in [5.41, 5.74) is 1.77. The molecule has 0 aliphatic rings. The first kappa shape index (κ1) is 18.6. The predicted molar refractivity (Wildman–Crippen MR) is 97.5 cm³/mol. The van der Waals surface area contributed by atoms with Crippen molar-refractivity contribution in [3.8, 4) is 17.2 Å². The third-order valence-electron chi connectivity index (χ3n) is 3.54. The quantitative estimate of drug-likeness (QED) is 0.732. The molecule has 0 aliphatic carbocycles. The van der Waals surface area contributed by atoms with Gasteiger partial charge in [0.25, 0.3) is 5.91 Å². The molecule has 0 saturated carbocycles. The highest BCUT2D eigenvalue weighted by molar-refractivity contribution is 5.91. The Morgan fingerprint density at radius 3 is 2.40 bits per heavy atom. The molecule has 2 N–H and O–H groups in total. The van der Waals surface area contributed by atoms with Gasteiger partial charge in [-0.25, -0.2) is 0 Å². The smallest absolute Gasteiger partial charge is 0.262 e. The van der Waals surface area contributed by atoms with Crippen LogP contribution in [0.15, 0.2) is 42.5 Å². The van der Waals surface area contributed by atoms with Crippen LogP contribution in [0.2, 0.25) is 0 Å². The minimum absolute atomic E-state index is 0.102. The summed E-state index contributed by atoms with van der Waals surface area (Å²) in [6.45, 7) is 3.60. The summed E-state index contributed by atoms with van der Waals surface area (Å²) < 4.78 is 16.0. The predicted octanol–water partition coefficient (Wildman–Crippen LogP) is 2.83. The Morgan fingerprint density at radius 2 is 1.76 bits per heavy atom. The Balaban J connectivity index is 1.91. The van der Waals surface area contributed by atoms with Gasteiger partial charge in [-0.2, -0.15) is 0 Å². The van der Waals surface area contributed by atoms with Gasteiger partial charge in [0.2, 0.25) is 0 Å². The summed E-state index contributed by atoms with van der Waals surface area (Å²) in [7, 11) is 3.18. The molecule has 0 heterocycles. The Morgan fingerprint density at radius 1 is 1.00 bits per heavy atom. The second-order valence-corrected chi connectivity index (χ2v) is 5.33. The van der Waals surface area contributed by atoms with Crippen LogP contribution in [0.25, 0.3) is 0 Å². The number of hydrogen-bond donors (Lipinski definition) is 2. The molecule has 1 amide bonds. The number of anilines is 1. The van der Waals surface area contributed by atoms with Crippen molar-refractivity contribution in [1.82, 2.24) is 5.32 Å². The third kappa shape index (κ3) is 5.69. The molecular weight excluding hydrogens is 320 g/mol. The molecule has 0 unspecified atom stereocenters. The average Bonchev–Trinajstić information content (AvgIpc) is 2.65. The fourth-order valence-corrected chi connectivity index (χ4v) is 2.23. The maximum atomic E-state index is 12.0. The molecule has 0 spiro atoms. The first-order valence-electron chi connectivity index (χ1n) is 8.10. The molecule has 25 heavy (non-hydrogen) atoms. The van der Waals surface area contributed by atoms with E-state index >= 15 is 0 Å². The maximum absolute atomic E-state index is 12.0. The van der Waals surface area contributed by atoms with Gasteiger partial charge in [-0.05, 0) is 48.5 Å². The van der Waals surface area contributed by atoms with Crippen LogP contribution in [0.4, 0.5) is 5.69 Å². The van der Waals surface area contributed by atoms with E-state index in [4.69, 9.17) is 14.2 Å². The molecular formula is C19H24N2O4. The lowest BCUT2D eigenvalue weighted by atomic mass is 10.2.